The van der Waals surface area contributed by atoms with E-state index in [1.54, 1.807) is 11.3 Å². The Morgan fingerprint density at radius 2 is 1.94 bits per heavy atom. The summed E-state index contributed by atoms with van der Waals surface area (Å²) in [6, 6.07) is 0. The molecule has 92 valence electrons. The molecule has 0 amide bonds. The van der Waals surface area contributed by atoms with Gasteiger partial charge in [-0.1, -0.05) is 19.8 Å². The second-order valence-corrected chi connectivity index (χ2v) is 6.73. The van der Waals surface area contributed by atoms with Gasteiger partial charge in [0.2, 0.25) is 0 Å². The normalized spacial score (nSPS) is 25.2. The maximum Gasteiger partial charge on any atom is 0.164 e. The zero-order chi connectivity index (χ0) is 12.0. The van der Waals surface area contributed by atoms with Crippen LogP contribution >= 0.6 is 11.3 Å². The summed E-state index contributed by atoms with van der Waals surface area (Å²) in [6.45, 7) is 2.16. The number of thiophene rings is 1. The quantitative estimate of drug-likeness (QED) is 0.823. The minimum atomic E-state index is 0.341. The molecule has 2 aliphatic rings. The Labute approximate surface area is 106 Å². The molecule has 0 bridgehead atoms. The summed E-state index contributed by atoms with van der Waals surface area (Å²) in [5.41, 5.74) is 8.42. The van der Waals surface area contributed by atoms with Gasteiger partial charge in [0.1, 0.15) is 0 Å². The van der Waals surface area contributed by atoms with Crippen molar-refractivity contribution in [2.45, 2.75) is 51.4 Å². The fourth-order valence-electron chi connectivity index (χ4n) is 3.39. The number of anilines is 1. The second-order valence-electron chi connectivity index (χ2n) is 5.60. The Kier molecular flexibility index (Phi) is 2.74. The van der Waals surface area contributed by atoms with Gasteiger partial charge in [-0.05, 0) is 31.1 Å². The molecule has 1 unspecified atom stereocenters. The van der Waals surface area contributed by atoms with Crippen LogP contribution in [0.3, 0.4) is 0 Å². The molecule has 3 heteroatoms. The number of hydrogen-bond acceptors (Lipinski definition) is 3. The van der Waals surface area contributed by atoms with E-state index in [2.05, 4.69) is 6.92 Å². The number of carbonyl (C=O) groups excluding carboxylic acids is 1. The van der Waals surface area contributed by atoms with Crippen LogP contribution in [0.5, 0.6) is 0 Å². The number of nitrogens with two attached hydrogens (primary N) is 1. The molecule has 1 fully saturated rings. The van der Waals surface area contributed by atoms with Crippen molar-refractivity contribution in [2.75, 3.05) is 5.73 Å². The van der Waals surface area contributed by atoms with Gasteiger partial charge in [-0.3, -0.25) is 4.79 Å². The van der Waals surface area contributed by atoms with Crippen molar-refractivity contribution in [3.05, 3.63) is 16.0 Å². The molecule has 0 spiro atoms. The van der Waals surface area contributed by atoms with E-state index < -0.39 is 0 Å². The van der Waals surface area contributed by atoms with Crippen molar-refractivity contribution in [1.29, 1.82) is 0 Å². The Bertz CT molecular complexity index is 457. The van der Waals surface area contributed by atoms with Gasteiger partial charge < -0.3 is 5.73 Å². The van der Waals surface area contributed by atoms with Gasteiger partial charge in [0.15, 0.2) is 5.78 Å². The molecule has 17 heavy (non-hydrogen) atoms. The molecule has 1 heterocycles. The highest BCUT2D eigenvalue weighted by Crippen LogP contribution is 2.46. The van der Waals surface area contributed by atoms with E-state index >= 15 is 0 Å². The summed E-state index contributed by atoms with van der Waals surface area (Å²) in [6.07, 6.45) is 6.77. The van der Waals surface area contributed by atoms with Crippen LogP contribution in [0.2, 0.25) is 0 Å². The third kappa shape index (κ3) is 1.81. The van der Waals surface area contributed by atoms with Crippen molar-refractivity contribution in [3.8, 4) is 0 Å². The van der Waals surface area contributed by atoms with Gasteiger partial charge >= 0.3 is 0 Å². The average Bonchev–Trinajstić information content (AvgIpc) is 2.83. The van der Waals surface area contributed by atoms with Crippen molar-refractivity contribution >= 4 is 22.1 Å². The number of Topliss-reactive ketones (excluding diaryl/α,β-unsaturated/α-hetero) is 1. The highest BCUT2D eigenvalue weighted by molar-refractivity contribution is 7.16. The van der Waals surface area contributed by atoms with Gasteiger partial charge in [0.25, 0.3) is 0 Å². The van der Waals surface area contributed by atoms with Crippen LogP contribution in [0.15, 0.2) is 0 Å². The Hall–Kier alpha value is -0.830. The van der Waals surface area contributed by atoms with Crippen LogP contribution in [0.4, 0.5) is 5.00 Å². The third-order valence-corrected chi connectivity index (χ3v) is 5.21. The molecule has 0 radical (unpaired) electrons. The van der Waals surface area contributed by atoms with Crippen LogP contribution in [0, 0.1) is 5.92 Å². The first-order valence-corrected chi connectivity index (χ1v) is 7.42. The lowest BCUT2D eigenvalue weighted by molar-refractivity contribution is 0.0953. The van der Waals surface area contributed by atoms with E-state index in [-0.39, 0.29) is 0 Å². The zero-order valence-corrected chi connectivity index (χ0v) is 11.1. The maximum atomic E-state index is 12.2. The SMILES string of the molecule is CC1CC(=O)c2c(sc(N)c2C2CCCC2)C1. The molecule has 0 aliphatic heterocycles. The average molecular weight is 249 g/mol. The molecule has 1 atom stereocenters. The molecule has 2 nitrogen and oxygen atoms in total. The number of rotatable bonds is 1. The van der Waals surface area contributed by atoms with Crippen molar-refractivity contribution < 1.29 is 4.79 Å². The third-order valence-electron chi connectivity index (χ3n) is 4.16. The Morgan fingerprint density at radius 3 is 2.65 bits per heavy atom. The van der Waals surface area contributed by atoms with Gasteiger partial charge in [-0.25, -0.2) is 0 Å². The number of ketones is 1. The van der Waals surface area contributed by atoms with E-state index in [0.717, 1.165) is 17.0 Å². The van der Waals surface area contributed by atoms with E-state index in [9.17, 15) is 4.79 Å². The van der Waals surface area contributed by atoms with Crippen molar-refractivity contribution in [3.63, 3.8) is 0 Å². The molecule has 0 aromatic carbocycles. The number of fused-ring (bicyclic) bond motifs is 1. The lowest BCUT2D eigenvalue weighted by atomic mass is 9.84. The monoisotopic (exact) mass is 249 g/mol. The molecule has 2 aliphatic carbocycles. The zero-order valence-electron chi connectivity index (χ0n) is 10.3. The van der Waals surface area contributed by atoms with E-state index in [4.69, 9.17) is 5.73 Å². The van der Waals surface area contributed by atoms with Crippen LogP contribution in [0.1, 0.15) is 65.7 Å². The first-order chi connectivity index (χ1) is 8.16. The highest BCUT2D eigenvalue weighted by Gasteiger charge is 2.33. The minimum Gasteiger partial charge on any atom is -0.390 e. The molecule has 2 N–H and O–H groups in total. The van der Waals surface area contributed by atoms with Crippen LogP contribution in [0.25, 0.3) is 0 Å². The predicted molar refractivity (Wildman–Crippen MR) is 71.8 cm³/mol. The topological polar surface area (TPSA) is 43.1 Å². The summed E-state index contributed by atoms with van der Waals surface area (Å²) in [5.74, 6) is 1.39. The summed E-state index contributed by atoms with van der Waals surface area (Å²) in [7, 11) is 0. The summed E-state index contributed by atoms with van der Waals surface area (Å²) in [5, 5.41) is 0.921. The molecule has 1 aromatic rings. The summed E-state index contributed by atoms with van der Waals surface area (Å²) in [4.78, 5) is 13.5. The number of hydrogen-bond donors (Lipinski definition) is 1. The molecule has 1 saturated carbocycles. The largest absolute Gasteiger partial charge is 0.390 e. The van der Waals surface area contributed by atoms with Crippen LogP contribution in [-0.4, -0.2) is 5.78 Å². The minimum absolute atomic E-state index is 0.341. The standard InChI is InChI=1S/C14H19NOS/c1-8-6-10(16)13-11(7-8)17-14(15)12(13)9-4-2-3-5-9/h8-9H,2-7,15H2,1H3. The first-order valence-electron chi connectivity index (χ1n) is 6.61. The first kappa shape index (κ1) is 11.3. The summed E-state index contributed by atoms with van der Waals surface area (Å²) < 4.78 is 0. The fourth-order valence-corrected chi connectivity index (χ4v) is 4.73. The van der Waals surface area contributed by atoms with E-state index in [0.29, 0.717) is 24.0 Å². The molecule has 1 aromatic heterocycles. The molecular weight excluding hydrogens is 230 g/mol. The van der Waals surface area contributed by atoms with Crippen molar-refractivity contribution in [1.82, 2.24) is 0 Å². The number of nitrogen functional groups attached to an aromatic ring is 1. The maximum absolute atomic E-state index is 12.2. The van der Waals surface area contributed by atoms with Gasteiger partial charge in [-0.2, -0.15) is 0 Å². The van der Waals surface area contributed by atoms with Crippen LogP contribution < -0.4 is 5.73 Å². The molecular formula is C14H19NOS. The van der Waals surface area contributed by atoms with Crippen molar-refractivity contribution in [2.24, 2.45) is 5.92 Å². The number of carbonyl (C=O) groups is 1. The smallest absolute Gasteiger partial charge is 0.164 e. The highest BCUT2D eigenvalue weighted by atomic mass is 32.1. The second kappa shape index (κ2) is 4.13. The Balaban J connectivity index is 2.07. The van der Waals surface area contributed by atoms with Crippen LogP contribution in [-0.2, 0) is 6.42 Å². The van der Waals surface area contributed by atoms with E-state index in [1.807, 2.05) is 0 Å². The molecule has 3 rings (SSSR count). The van der Waals surface area contributed by atoms with Gasteiger partial charge in [0.05, 0.1) is 5.00 Å². The summed E-state index contributed by atoms with van der Waals surface area (Å²) >= 11 is 1.67. The Morgan fingerprint density at radius 1 is 1.24 bits per heavy atom. The predicted octanol–water partition coefficient (Wildman–Crippen LogP) is 3.75. The lowest BCUT2D eigenvalue weighted by Crippen LogP contribution is -2.18. The molecule has 0 saturated heterocycles. The lowest BCUT2D eigenvalue weighted by Gasteiger charge is -2.19. The fraction of sp³-hybridized carbons (Fsp3) is 0.643. The van der Waals surface area contributed by atoms with E-state index in [1.165, 1.54) is 36.1 Å². The van der Waals surface area contributed by atoms with Gasteiger partial charge in [0, 0.05) is 22.4 Å². The van der Waals surface area contributed by atoms with Gasteiger partial charge in [-0.15, -0.1) is 11.3 Å².